The van der Waals surface area contributed by atoms with E-state index in [0.29, 0.717) is 11.7 Å². The molecule has 6 nitrogen and oxygen atoms in total. The zero-order valence-electron chi connectivity index (χ0n) is 9.56. The fourth-order valence-electron chi connectivity index (χ4n) is 1.15. The Kier molecular flexibility index (Phi) is 5.73. The molecule has 0 amide bonds. The Morgan fingerprint density at radius 1 is 1.69 bits per heavy atom. The van der Waals surface area contributed by atoms with Gasteiger partial charge in [-0.25, -0.2) is 4.98 Å². The van der Waals surface area contributed by atoms with E-state index in [4.69, 9.17) is 17.0 Å². The third-order valence-corrected chi connectivity index (χ3v) is 2.46. The van der Waals surface area contributed by atoms with E-state index in [1.165, 1.54) is 6.33 Å². The van der Waals surface area contributed by atoms with Crippen LogP contribution in [0.1, 0.15) is 12.2 Å². The maximum absolute atomic E-state index is 5.21. The van der Waals surface area contributed by atoms with Gasteiger partial charge in [0.15, 0.2) is 5.11 Å². The molecular formula is C9H17N5OS. The maximum atomic E-state index is 5.21. The van der Waals surface area contributed by atoms with Crippen LogP contribution in [-0.2, 0) is 11.3 Å². The third-order valence-electron chi connectivity index (χ3n) is 2.00. The van der Waals surface area contributed by atoms with Crippen LogP contribution in [0.2, 0.25) is 0 Å². The molecule has 1 aromatic rings. The van der Waals surface area contributed by atoms with Crippen LogP contribution >= 0.6 is 12.2 Å². The highest BCUT2D eigenvalue weighted by Gasteiger charge is 2.05. The first-order chi connectivity index (χ1) is 7.74. The Labute approximate surface area is 100 Å². The number of methoxy groups -OCH3 is 1. The van der Waals surface area contributed by atoms with E-state index in [0.717, 1.165) is 25.4 Å². The molecule has 16 heavy (non-hydrogen) atoms. The summed E-state index contributed by atoms with van der Waals surface area (Å²) in [5.74, 6) is 0.795. The topological polar surface area (TPSA) is 66.1 Å². The molecule has 0 aliphatic carbocycles. The average Bonchev–Trinajstić information content (AvgIpc) is 2.76. The molecular weight excluding hydrogens is 226 g/mol. The summed E-state index contributed by atoms with van der Waals surface area (Å²) in [6, 6.07) is 0. The lowest BCUT2D eigenvalue weighted by atomic mass is 10.4. The van der Waals surface area contributed by atoms with Gasteiger partial charge in [-0.05, 0) is 18.6 Å². The number of H-pyrrole nitrogens is 1. The van der Waals surface area contributed by atoms with Crippen molar-refractivity contribution in [3.8, 4) is 0 Å². The Morgan fingerprint density at radius 2 is 2.50 bits per heavy atom. The minimum absolute atomic E-state index is 0.621. The standard InChI is InChI=1S/C9H17N5OS/c1-14(6-8-11-7-12-13-8)9(16)10-4-3-5-15-2/h7H,3-6H2,1-2H3,(H,10,16)(H,11,12,13). The molecule has 90 valence electrons. The Balaban J connectivity index is 2.20. The lowest BCUT2D eigenvalue weighted by molar-refractivity contribution is 0.195. The van der Waals surface area contributed by atoms with Crippen molar-refractivity contribution in [2.24, 2.45) is 0 Å². The molecule has 2 N–H and O–H groups in total. The maximum Gasteiger partial charge on any atom is 0.169 e. The normalized spacial score (nSPS) is 10.1. The van der Waals surface area contributed by atoms with Crippen LogP contribution in [0, 0.1) is 0 Å². The van der Waals surface area contributed by atoms with Gasteiger partial charge in [-0.15, -0.1) is 0 Å². The summed E-state index contributed by atoms with van der Waals surface area (Å²) in [5.41, 5.74) is 0. The summed E-state index contributed by atoms with van der Waals surface area (Å²) in [7, 11) is 3.60. The highest BCUT2D eigenvalue weighted by atomic mass is 32.1. The summed E-state index contributed by atoms with van der Waals surface area (Å²) < 4.78 is 4.95. The summed E-state index contributed by atoms with van der Waals surface area (Å²) in [4.78, 5) is 5.94. The molecule has 0 aromatic carbocycles. The quantitative estimate of drug-likeness (QED) is 0.547. The fourth-order valence-corrected chi connectivity index (χ4v) is 1.32. The molecule has 0 aliphatic rings. The Hall–Kier alpha value is -1.21. The second-order valence-electron chi connectivity index (χ2n) is 3.37. The Bertz CT molecular complexity index is 303. The van der Waals surface area contributed by atoms with Crippen LogP contribution in [0.5, 0.6) is 0 Å². The predicted molar refractivity (Wildman–Crippen MR) is 64.9 cm³/mol. The average molecular weight is 243 g/mol. The van der Waals surface area contributed by atoms with Gasteiger partial charge < -0.3 is 15.0 Å². The smallest absolute Gasteiger partial charge is 0.169 e. The van der Waals surface area contributed by atoms with Gasteiger partial charge in [0, 0.05) is 27.3 Å². The van der Waals surface area contributed by atoms with Crippen molar-refractivity contribution in [1.82, 2.24) is 25.4 Å². The number of hydrogen-bond donors (Lipinski definition) is 2. The van der Waals surface area contributed by atoms with E-state index >= 15 is 0 Å². The van der Waals surface area contributed by atoms with Crippen LogP contribution in [0.15, 0.2) is 6.33 Å². The van der Waals surface area contributed by atoms with E-state index in [-0.39, 0.29) is 0 Å². The Morgan fingerprint density at radius 3 is 3.12 bits per heavy atom. The first-order valence-corrected chi connectivity index (χ1v) is 5.47. The molecule has 0 unspecified atom stereocenters. The summed E-state index contributed by atoms with van der Waals surface area (Å²) in [6.45, 7) is 2.17. The van der Waals surface area contributed by atoms with E-state index < -0.39 is 0 Å². The second-order valence-corrected chi connectivity index (χ2v) is 3.75. The van der Waals surface area contributed by atoms with Gasteiger partial charge in [0.05, 0.1) is 6.54 Å². The first-order valence-electron chi connectivity index (χ1n) is 5.06. The van der Waals surface area contributed by atoms with Crippen molar-refractivity contribution in [3.05, 3.63) is 12.2 Å². The first kappa shape index (κ1) is 12.9. The zero-order valence-corrected chi connectivity index (χ0v) is 10.4. The molecule has 0 radical (unpaired) electrons. The third kappa shape index (κ3) is 4.54. The number of ether oxygens (including phenoxy) is 1. The fraction of sp³-hybridized carbons (Fsp3) is 0.667. The molecule has 1 heterocycles. The minimum Gasteiger partial charge on any atom is -0.385 e. The van der Waals surface area contributed by atoms with E-state index in [1.54, 1.807) is 7.11 Å². The van der Waals surface area contributed by atoms with Gasteiger partial charge in [0.2, 0.25) is 0 Å². The summed E-state index contributed by atoms with van der Waals surface area (Å²) in [6.07, 6.45) is 2.42. The van der Waals surface area contributed by atoms with Crippen molar-refractivity contribution in [2.45, 2.75) is 13.0 Å². The van der Waals surface area contributed by atoms with Crippen molar-refractivity contribution in [1.29, 1.82) is 0 Å². The van der Waals surface area contributed by atoms with E-state index in [2.05, 4.69) is 20.5 Å². The highest BCUT2D eigenvalue weighted by molar-refractivity contribution is 7.80. The largest absolute Gasteiger partial charge is 0.385 e. The van der Waals surface area contributed by atoms with Gasteiger partial charge in [-0.2, -0.15) is 5.10 Å². The molecule has 0 spiro atoms. The van der Waals surface area contributed by atoms with E-state index in [9.17, 15) is 0 Å². The number of aromatic amines is 1. The number of thiocarbonyl (C=S) groups is 1. The number of aromatic nitrogens is 3. The van der Waals surface area contributed by atoms with Gasteiger partial charge in [0.1, 0.15) is 12.2 Å². The number of nitrogens with one attached hydrogen (secondary N) is 2. The minimum atomic E-state index is 0.621. The molecule has 0 aliphatic heterocycles. The molecule has 7 heteroatoms. The van der Waals surface area contributed by atoms with Crippen molar-refractivity contribution in [3.63, 3.8) is 0 Å². The monoisotopic (exact) mass is 243 g/mol. The molecule has 0 fully saturated rings. The predicted octanol–water partition coefficient (Wildman–Crippen LogP) is 0.147. The number of nitrogens with zero attached hydrogens (tertiary/aromatic N) is 3. The molecule has 1 rings (SSSR count). The summed E-state index contributed by atoms with van der Waals surface area (Å²) in [5, 5.41) is 10.4. The molecule has 0 atom stereocenters. The number of rotatable bonds is 6. The molecule has 0 saturated carbocycles. The van der Waals surface area contributed by atoms with Gasteiger partial charge in [0.25, 0.3) is 0 Å². The lowest BCUT2D eigenvalue weighted by Gasteiger charge is -2.19. The number of hydrogen-bond acceptors (Lipinski definition) is 4. The van der Waals surface area contributed by atoms with Crippen molar-refractivity contribution >= 4 is 17.3 Å². The zero-order chi connectivity index (χ0) is 11.8. The van der Waals surface area contributed by atoms with Crippen LogP contribution in [0.4, 0.5) is 0 Å². The van der Waals surface area contributed by atoms with Crippen molar-refractivity contribution in [2.75, 3.05) is 27.3 Å². The van der Waals surface area contributed by atoms with Gasteiger partial charge in [-0.1, -0.05) is 0 Å². The highest BCUT2D eigenvalue weighted by Crippen LogP contribution is 1.94. The lowest BCUT2D eigenvalue weighted by Crippen LogP contribution is -2.37. The van der Waals surface area contributed by atoms with Crippen molar-refractivity contribution < 1.29 is 4.74 Å². The summed E-state index contributed by atoms with van der Waals surface area (Å²) >= 11 is 5.21. The van der Waals surface area contributed by atoms with Crippen LogP contribution in [0.3, 0.4) is 0 Å². The van der Waals surface area contributed by atoms with Gasteiger partial charge in [-0.3, -0.25) is 5.10 Å². The SMILES string of the molecule is COCCCNC(=S)N(C)Cc1ncn[nH]1. The van der Waals surface area contributed by atoms with Crippen LogP contribution in [-0.4, -0.2) is 52.5 Å². The molecule has 0 saturated heterocycles. The molecule has 0 bridgehead atoms. The van der Waals surface area contributed by atoms with Crippen LogP contribution < -0.4 is 5.32 Å². The van der Waals surface area contributed by atoms with Gasteiger partial charge >= 0.3 is 0 Å². The van der Waals surface area contributed by atoms with Crippen LogP contribution in [0.25, 0.3) is 0 Å². The van der Waals surface area contributed by atoms with E-state index in [1.807, 2.05) is 11.9 Å². The second kappa shape index (κ2) is 7.13. The molecule has 1 aromatic heterocycles.